The van der Waals surface area contributed by atoms with Crippen LogP contribution in [0.5, 0.6) is 0 Å². The van der Waals surface area contributed by atoms with Gasteiger partial charge in [0.2, 0.25) is 0 Å². The van der Waals surface area contributed by atoms with E-state index in [1.54, 1.807) is 0 Å². The number of para-hydroxylation sites is 1. The van der Waals surface area contributed by atoms with Crippen molar-refractivity contribution in [1.29, 1.82) is 0 Å². The van der Waals surface area contributed by atoms with Gasteiger partial charge in [-0.3, -0.25) is 14.7 Å². The number of carbonyl (C=O) groups is 2. The topological polar surface area (TPSA) is 81.3 Å². The Hall–Kier alpha value is -3.19. The molecule has 2 heterocycles. The first kappa shape index (κ1) is 19.1. The van der Waals surface area contributed by atoms with Gasteiger partial charge in [0.25, 0.3) is 11.8 Å². The van der Waals surface area contributed by atoms with Gasteiger partial charge in [0.1, 0.15) is 5.69 Å². The summed E-state index contributed by atoms with van der Waals surface area (Å²) in [5.74, 6) is -0.135. The first-order valence-electron chi connectivity index (χ1n) is 9.81. The molecule has 1 aliphatic rings. The van der Waals surface area contributed by atoms with Crippen LogP contribution in [0.15, 0.2) is 42.5 Å². The Labute approximate surface area is 169 Å². The van der Waals surface area contributed by atoms with Crippen molar-refractivity contribution in [2.75, 3.05) is 33.2 Å². The maximum Gasteiger partial charge on any atom is 0.270 e. The van der Waals surface area contributed by atoms with Crippen LogP contribution in [0, 0.1) is 6.92 Å². The van der Waals surface area contributed by atoms with Crippen molar-refractivity contribution < 1.29 is 9.59 Å². The van der Waals surface area contributed by atoms with Crippen LogP contribution in [0.3, 0.4) is 0 Å². The average molecular weight is 391 g/mol. The van der Waals surface area contributed by atoms with E-state index in [-0.39, 0.29) is 11.8 Å². The van der Waals surface area contributed by atoms with Crippen molar-refractivity contribution in [3.05, 3.63) is 64.8 Å². The van der Waals surface area contributed by atoms with Gasteiger partial charge in [0.05, 0.1) is 5.52 Å². The molecule has 0 saturated carbocycles. The number of aryl methyl sites for hydroxylation is 1. The summed E-state index contributed by atoms with van der Waals surface area (Å²) >= 11 is 0. The zero-order chi connectivity index (χ0) is 20.4. The van der Waals surface area contributed by atoms with Crippen LogP contribution in [0.1, 0.15) is 32.0 Å². The van der Waals surface area contributed by atoms with Crippen molar-refractivity contribution in [2.45, 2.75) is 13.5 Å². The molecule has 2 amide bonds. The molecule has 2 N–H and O–H groups in total. The molecule has 7 nitrogen and oxygen atoms in total. The molecule has 1 aliphatic heterocycles. The maximum absolute atomic E-state index is 12.6. The van der Waals surface area contributed by atoms with Crippen molar-refractivity contribution >= 4 is 22.7 Å². The van der Waals surface area contributed by atoms with Crippen molar-refractivity contribution in [2.24, 2.45) is 0 Å². The van der Waals surface area contributed by atoms with Crippen LogP contribution < -0.4 is 5.32 Å². The van der Waals surface area contributed by atoms with Crippen LogP contribution in [0.2, 0.25) is 0 Å². The quantitative estimate of drug-likeness (QED) is 0.714. The molecule has 0 bridgehead atoms. The molecule has 0 aliphatic carbocycles. The Morgan fingerprint density at radius 2 is 1.79 bits per heavy atom. The third-order valence-corrected chi connectivity index (χ3v) is 5.46. The van der Waals surface area contributed by atoms with E-state index in [0.29, 0.717) is 17.8 Å². The van der Waals surface area contributed by atoms with E-state index in [1.807, 2.05) is 54.3 Å². The number of likely N-dealkylation sites (N-methyl/N-ethyl adjacent to an activating group) is 1. The van der Waals surface area contributed by atoms with Gasteiger partial charge >= 0.3 is 0 Å². The molecule has 1 fully saturated rings. The standard InChI is InChI=1S/C22H25N5O2/c1-15-4-3-5-18-19(15)24-25-20(18)21(28)23-14-16-6-8-17(9-7-16)22(29)27-12-10-26(2)11-13-27/h3-9H,10-14H2,1-2H3,(H,23,28)(H,24,25). The second kappa shape index (κ2) is 8.05. The number of rotatable bonds is 4. The smallest absolute Gasteiger partial charge is 0.270 e. The number of hydrogen-bond donors (Lipinski definition) is 2. The fourth-order valence-corrected chi connectivity index (χ4v) is 3.58. The summed E-state index contributed by atoms with van der Waals surface area (Å²) in [4.78, 5) is 29.3. The Bertz CT molecular complexity index is 1030. The number of aromatic amines is 1. The summed E-state index contributed by atoms with van der Waals surface area (Å²) in [7, 11) is 2.07. The minimum absolute atomic E-state index is 0.0629. The number of nitrogens with one attached hydrogen (secondary N) is 2. The Balaban J connectivity index is 1.38. The molecular formula is C22H25N5O2. The predicted octanol–water partition coefficient (Wildman–Crippen LogP) is 2.19. The number of nitrogens with zero attached hydrogens (tertiary/aromatic N) is 3. The summed E-state index contributed by atoms with van der Waals surface area (Å²) in [5, 5.41) is 10.8. The van der Waals surface area contributed by atoms with Crippen LogP contribution in [-0.4, -0.2) is 65.0 Å². The molecule has 0 atom stereocenters. The number of amides is 2. The fourth-order valence-electron chi connectivity index (χ4n) is 3.58. The number of carbonyl (C=O) groups excluding carboxylic acids is 2. The lowest BCUT2D eigenvalue weighted by molar-refractivity contribution is 0.0664. The van der Waals surface area contributed by atoms with Gasteiger partial charge < -0.3 is 15.1 Å². The van der Waals surface area contributed by atoms with E-state index in [9.17, 15) is 9.59 Å². The monoisotopic (exact) mass is 391 g/mol. The highest BCUT2D eigenvalue weighted by Crippen LogP contribution is 2.19. The third-order valence-electron chi connectivity index (χ3n) is 5.46. The molecule has 7 heteroatoms. The lowest BCUT2D eigenvalue weighted by Gasteiger charge is -2.32. The van der Waals surface area contributed by atoms with E-state index >= 15 is 0 Å². The lowest BCUT2D eigenvalue weighted by Crippen LogP contribution is -2.47. The fraction of sp³-hybridized carbons (Fsp3) is 0.318. The molecule has 4 rings (SSSR count). The largest absolute Gasteiger partial charge is 0.347 e. The minimum atomic E-state index is -0.198. The van der Waals surface area contributed by atoms with Crippen molar-refractivity contribution in [3.63, 3.8) is 0 Å². The van der Waals surface area contributed by atoms with Crippen LogP contribution in [0.25, 0.3) is 10.9 Å². The zero-order valence-electron chi connectivity index (χ0n) is 16.7. The van der Waals surface area contributed by atoms with Gasteiger partial charge in [-0.05, 0) is 37.2 Å². The molecular weight excluding hydrogens is 366 g/mol. The molecule has 29 heavy (non-hydrogen) atoms. The number of H-pyrrole nitrogens is 1. The molecule has 3 aromatic rings. The summed E-state index contributed by atoms with van der Waals surface area (Å²) in [6.07, 6.45) is 0. The molecule has 0 unspecified atom stereocenters. The van der Waals surface area contributed by atoms with Gasteiger partial charge in [-0.15, -0.1) is 0 Å². The number of piperazine rings is 1. The van der Waals surface area contributed by atoms with Crippen LogP contribution in [-0.2, 0) is 6.54 Å². The first-order chi connectivity index (χ1) is 14.0. The highest BCUT2D eigenvalue weighted by Gasteiger charge is 2.20. The second-order valence-electron chi connectivity index (χ2n) is 7.54. The van der Waals surface area contributed by atoms with Gasteiger partial charge in [-0.1, -0.05) is 30.3 Å². The summed E-state index contributed by atoms with van der Waals surface area (Å²) in [5.41, 5.74) is 3.92. The molecule has 0 spiro atoms. The molecule has 2 aromatic carbocycles. The Kier molecular flexibility index (Phi) is 5.31. The van der Waals surface area contributed by atoms with Gasteiger partial charge in [0.15, 0.2) is 0 Å². The lowest BCUT2D eigenvalue weighted by atomic mass is 10.1. The molecule has 1 saturated heterocycles. The third kappa shape index (κ3) is 4.00. The maximum atomic E-state index is 12.6. The predicted molar refractivity (Wildman–Crippen MR) is 112 cm³/mol. The van der Waals surface area contributed by atoms with Gasteiger partial charge in [-0.2, -0.15) is 5.10 Å². The number of aromatic nitrogens is 2. The number of hydrogen-bond acceptors (Lipinski definition) is 4. The normalized spacial score (nSPS) is 14.9. The van der Waals surface area contributed by atoms with Gasteiger partial charge in [-0.25, -0.2) is 0 Å². The van der Waals surface area contributed by atoms with E-state index in [2.05, 4.69) is 27.5 Å². The Morgan fingerprint density at radius 1 is 1.07 bits per heavy atom. The van der Waals surface area contributed by atoms with Gasteiger partial charge in [0, 0.05) is 43.7 Å². The molecule has 0 radical (unpaired) electrons. The number of benzene rings is 2. The van der Waals surface area contributed by atoms with Crippen LogP contribution in [0.4, 0.5) is 0 Å². The zero-order valence-corrected chi connectivity index (χ0v) is 16.7. The highest BCUT2D eigenvalue weighted by atomic mass is 16.2. The Morgan fingerprint density at radius 3 is 2.52 bits per heavy atom. The highest BCUT2D eigenvalue weighted by molar-refractivity contribution is 6.05. The minimum Gasteiger partial charge on any atom is -0.347 e. The first-order valence-corrected chi connectivity index (χ1v) is 9.81. The van der Waals surface area contributed by atoms with E-state index in [0.717, 1.165) is 48.2 Å². The van der Waals surface area contributed by atoms with Crippen molar-refractivity contribution in [3.8, 4) is 0 Å². The average Bonchev–Trinajstić information content (AvgIpc) is 3.18. The summed E-state index contributed by atoms with van der Waals surface area (Å²) in [6.45, 7) is 5.66. The SMILES string of the molecule is Cc1cccc2c(C(=O)NCc3ccc(C(=O)N4CCN(C)CC4)cc3)[nH]nc12. The van der Waals surface area contributed by atoms with Crippen molar-refractivity contribution in [1.82, 2.24) is 25.3 Å². The second-order valence-corrected chi connectivity index (χ2v) is 7.54. The van der Waals surface area contributed by atoms with E-state index in [4.69, 9.17) is 0 Å². The van der Waals surface area contributed by atoms with Crippen LogP contribution >= 0.6 is 0 Å². The van der Waals surface area contributed by atoms with E-state index in [1.165, 1.54) is 0 Å². The molecule has 1 aromatic heterocycles. The van der Waals surface area contributed by atoms with E-state index < -0.39 is 0 Å². The summed E-state index contributed by atoms with van der Waals surface area (Å²) < 4.78 is 0. The summed E-state index contributed by atoms with van der Waals surface area (Å²) in [6, 6.07) is 13.2. The number of fused-ring (bicyclic) bond motifs is 1. The molecule has 150 valence electrons.